The molecular formula is C51H64N8O20. The molecular weight excluding hydrogens is 1040 g/mol. The molecule has 0 fully saturated rings. The SMILES string of the molecule is CC(C)C[C@H](NC(=O)[C@H](Cc1ccc(O)cc1)NC(=O)[C@H](CCC(=O)O)NC(=O)[C@H](Cc1ccc(O)cc1)NC(=O)[C@H](N)CCC(=O)O)C(=O)N[C@@H](CC(=O)O)C(=O)N[C@@H](Cc1ccc(O)cc1)C(=O)N[C@@H](CC(=O)O)C(=O)O. The zero-order valence-electron chi connectivity index (χ0n) is 42.7. The predicted octanol–water partition coefficient (Wildman–Crippen LogP) is -1.64. The molecule has 0 aromatic heterocycles. The first-order chi connectivity index (χ1) is 37.1. The average molecular weight is 1110 g/mol. The Hall–Kier alpha value is -9.34. The molecule has 0 unspecified atom stereocenters. The van der Waals surface area contributed by atoms with Gasteiger partial charge in [-0.2, -0.15) is 0 Å². The summed E-state index contributed by atoms with van der Waals surface area (Å²) < 4.78 is 0. The number of carboxylic acids is 5. The zero-order valence-corrected chi connectivity index (χ0v) is 42.7. The number of phenolic OH excluding ortho intramolecular Hbond substituents is 3. The number of nitrogens with one attached hydrogen (secondary N) is 7. The minimum absolute atomic E-state index is 0.144. The van der Waals surface area contributed by atoms with Gasteiger partial charge < -0.3 is 83.8 Å². The Balaban J connectivity index is 1.99. The first-order valence-corrected chi connectivity index (χ1v) is 24.4. The van der Waals surface area contributed by atoms with Gasteiger partial charge in [0.05, 0.1) is 18.9 Å². The second kappa shape index (κ2) is 31.0. The fourth-order valence-corrected chi connectivity index (χ4v) is 7.55. The Morgan fingerprint density at radius 1 is 0.380 bits per heavy atom. The highest BCUT2D eigenvalue weighted by Crippen LogP contribution is 2.17. The fourth-order valence-electron chi connectivity index (χ4n) is 7.55. The third kappa shape index (κ3) is 23.2. The Kier molecular flexibility index (Phi) is 25.1. The van der Waals surface area contributed by atoms with E-state index in [1.54, 1.807) is 13.8 Å². The van der Waals surface area contributed by atoms with Gasteiger partial charge in [0.2, 0.25) is 41.4 Å². The summed E-state index contributed by atoms with van der Waals surface area (Å²) in [5, 5.41) is 93.1. The minimum atomic E-state index is -2.02. The average Bonchev–Trinajstić information content (AvgIpc) is 3.36. The Morgan fingerprint density at radius 2 is 0.671 bits per heavy atom. The number of amides is 7. The monoisotopic (exact) mass is 1110 g/mol. The molecule has 8 atom stereocenters. The van der Waals surface area contributed by atoms with Crippen molar-refractivity contribution in [3.05, 3.63) is 89.5 Å². The van der Waals surface area contributed by atoms with Crippen molar-refractivity contribution < 1.29 is 98.4 Å². The van der Waals surface area contributed by atoms with Crippen molar-refractivity contribution in [2.45, 2.75) is 126 Å². The smallest absolute Gasteiger partial charge is 0.326 e. The highest BCUT2D eigenvalue weighted by atomic mass is 16.4. The summed E-state index contributed by atoms with van der Waals surface area (Å²) in [6, 6.07) is 1.91. The van der Waals surface area contributed by atoms with Gasteiger partial charge in [-0.05, 0) is 78.3 Å². The summed E-state index contributed by atoms with van der Waals surface area (Å²) in [5.74, 6) is -16.6. The molecule has 79 heavy (non-hydrogen) atoms. The van der Waals surface area contributed by atoms with Crippen molar-refractivity contribution in [1.82, 2.24) is 37.2 Å². The maximum absolute atomic E-state index is 14.4. The molecule has 3 rings (SSSR count). The second-order valence-electron chi connectivity index (χ2n) is 18.7. The van der Waals surface area contributed by atoms with Crippen LogP contribution in [-0.2, 0) is 76.8 Å². The van der Waals surface area contributed by atoms with E-state index in [1.165, 1.54) is 72.8 Å². The number of hydrogen-bond donors (Lipinski definition) is 16. The van der Waals surface area contributed by atoms with Crippen LogP contribution in [0.1, 0.15) is 75.5 Å². The van der Waals surface area contributed by atoms with Crippen molar-refractivity contribution in [2.75, 3.05) is 0 Å². The molecule has 0 saturated heterocycles. The van der Waals surface area contributed by atoms with Crippen LogP contribution in [0.5, 0.6) is 17.2 Å². The van der Waals surface area contributed by atoms with Gasteiger partial charge in [0.15, 0.2) is 0 Å². The largest absolute Gasteiger partial charge is 0.508 e. The third-order valence-electron chi connectivity index (χ3n) is 11.7. The number of rotatable bonds is 33. The second-order valence-corrected chi connectivity index (χ2v) is 18.7. The lowest BCUT2D eigenvalue weighted by Gasteiger charge is -2.28. The Bertz CT molecular complexity index is 2670. The van der Waals surface area contributed by atoms with E-state index in [0.29, 0.717) is 11.1 Å². The Labute approximate surface area is 450 Å². The lowest BCUT2D eigenvalue weighted by molar-refractivity contribution is -0.147. The molecule has 428 valence electrons. The van der Waals surface area contributed by atoms with Gasteiger partial charge in [-0.3, -0.25) is 52.7 Å². The van der Waals surface area contributed by atoms with Gasteiger partial charge in [0, 0.05) is 32.1 Å². The number of carbonyl (C=O) groups excluding carboxylic acids is 7. The maximum atomic E-state index is 14.4. The minimum Gasteiger partial charge on any atom is -0.508 e. The summed E-state index contributed by atoms with van der Waals surface area (Å²) in [6.45, 7) is 3.25. The number of carbonyl (C=O) groups is 12. The molecule has 17 N–H and O–H groups in total. The van der Waals surface area contributed by atoms with Crippen LogP contribution in [0, 0.1) is 5.92 Å². The van der Waals surface area contributed by atoms with E-state index in [2.05, 4.69) is 31.9 Å². The van der Waals surface area contributed by atoms with E-state index >= 15 is 0 Å². The number of benzene rings is 3. The van der Waals surface area contributed by atoms with E-state index < -0.39 is 170 Å². The van der Waals surface area contributed by atoms with Gasteiger partial charge >= 0.3 is 29.8 Å². The van der Waals surface area contributed by atoms with Crippen LogP contribution in [-0.4, -0.2) is 160 Å². The van der Waals surface area contributed by atoms with Gasteiger partial charge in [-0.1, -0.05) is 50.2 Å². The summed E-state index contributed by atoms with van der Waals surface area (Å²) in [5.41, 5.74) is 6.83. The zero-order chi connectivity index (χ0) is 59.1. The maximum Gasteiger partial charge on any atom is 0.326 e. The lowest BCUT2D eigenvalue weighted by Crippen LogP contribution is -2.61. The summed E-state index contributed by atoms with van der Waals surface area (Å²) in [7, 11) is 0. The number of phenols is 3. The molecule has 3 aromatic rings. The quantitative estimate of drug-likeness (QED) is 0.0325. The van der Waals surface area contributed by atoms with Crippen LogP contribution < -0.4 is 43.0 Å². The van der Waals surface area contributed by atoms with Crippen LogP contribution >= 0.6 is 0 Å². The van der Waals surface area contributed by atoms with Crippen LogP contribution in [0.4, 0.5) is 0 Å². The normalized spacial score (nSPS) is 14.0. The van der Waals surface area contributed by atoms with Crippen molar-refractivity contribution in [1.29, 1.82) is 0 Å². The summed E-state index contributed by atoms with van der Waals surface area (Å²) in [4.78, 5) is 156. The van der Waals surface area contributed by atoms with Gasteiger partial charge in [0.1, 0.15) is 59.5 Å². The van der Waals surface area contributed by atoms with Gasteiger partial charge in [-0.25, -0.2) is 4.79 Å². The highest BCUT2D eigenvalue weighted by Gasteiger charge is 2.36. The van der Waals surface area contributed by atoms with Gasteiger partial charge in [-0.15, -0.1) is 0 Å². The molecule has 7 amide bonds. The molecule has 3 aromatic carbocycles. The van der Waals surface area contributed by atoms with E-state index in [-0.39, 0.29) is 42.1 Å². The molecule has 0 heterocycles. The van der Waals surface area contributed by atoms with Crippen molar-refractivity contribution in [3.8, 4) is 17.2 Å². The number of aromatic hydroxyl groups is 3. The first kappa shape index (κ1) is 63.9. The first-order valence-electron chi connectivity index (χ1n) is 24.4. The number of aliphatic carboxylic acids is 5. The molecule has 0 aliphatic rings. The molecule has 0 aliphatic carbocycles. The molecule has 0 spiro atoms. The molecule has 28 heteroatoms. The van der Waals surface area contributed by atoms with Crippen LogP contribution in [0.3, 0.4) is 0 Å². The molecule has 28 nitrogen and oxygen atoms in total. The van der Waals surface area contributed by atoms with E-state index in [1.807, 2.05) is 5.32 Å². The number of nitrogens with two attached hydrogens (primary N) is 1. The summed E-state index contributed by atoms with van der Waals surface area (Å²) >= 11 is 0. The fraction of sp³-hybridized carbons (Fsp3) is 0.412. The van der Waals surface area contributed by atoms with Gasteiger partial charge in [0.25, 0.3) is 0 Å². The van der Waals surface area contributed by atoms with Crippen molar-refractivity contribution in [3.63, 3.8) is 0 Å². The van der Waals surface area contributed by atoms with Crippen LogP contribution in [0.15, 0.2) is 72.8 Å². The summed E-state index contributed by atoms with van der Waals surface area (Å²) in [6.07, 6.45) is -5.74. The standard InChI is InChI=1S/C51H64N8O20/c1-25(2)19-34(46(73)58-38(23-42(67)68)50(77)57-37(22-28-7-13-31(62)14-8-28)49(76)59-39(51(78)79)24-43(69)70)55-48(75)36(21-27-5-11-30(61)12-6-27)56-45(72)33(16-18-41(65)66)53-47(74)35(20-26-3-9-29(60)10-4-26)54-44(71)32(52)15-17-40(63)64/h3-14,25,32-39,60-62H,15-24,52H2,1-2H3,(H,53,74)(H,54,71)(H,55,75)(H,56,72)(H,57,77)(H,58,73)(H,59,76)(H,63,64)(H,65,66)(H,67,68)(H,69,70)(H,78,79)/t32-,33+,34+,35+,36+,37+,38+,39+/m1/s1. The number of hydrogen-bond acceptors (Lipinski definition) is 16. The van der Waals surface area contributed by atoms with Crippen molar-refractivity contribution >= 4 is 71.2 Å². The lowest BCUT2D eigenvalue weighted by atomic mass is 9.99. The molecule has 0 aliphatic heterocycles. The van der Waals surface area contributed by atoms with Crippen LogP contribution in [0.25, 0.3) is 0 Å². The number of carboxylic acid groups (broad SMARTS) is 5. The van der Waals surface area contributed by atoms with Crippen molar-refractivity contribution in [2.24, 2.45) is 11.7 Å². The van der Waals surface area contributed by atoms with E-state index in [4.69, 9.17) is 10.8 Å². The molecule has 0 bridgehead atoms. The predicted molar refractivity (Wildman–Crippen MR) is 272 cm³/mol. The topological polar surface area (TPSA) is 477 Å². The van der Waals surface area contributed by atoms with E-state index in [9.17, 15) is 93.3 Å². The van der Waals surface area contributed by atoms with Crippen LogP contribution in [0.2, 0.25) is 0 Å². The Morgan fingerprint density at radius 3 is 1.04 bits per heavy atom. The highest BCUT2D eigenvalue weighted by molar-refractivity contribution is 5.99. The molecule has 0 saturated carbocycles. The van der Waals surface area contributed by atoms with E-state index in [0.717, 1.165) is 0 Å². The molecule has 0 radical (unpaired) electrons. The third-order valence-corrected chi connectivity index (χ3v) is 11.7.